The summed E-state index contributed by atoms with van der Waals surface area (Å²) < 4.78 is 46.5. The highest BCUT2D eigenvalue weighted by Crippen LogP contribution is 2.39. The Balaban J connectivity index is 1.17. The predicted molar refractivity (Wildman–Crippen MR) is 142 cm³/mol. The molecule has 5 aliphatic heterocycles. The van der Waals surface area contributed by atoms with Crippen molar-refractivity contribution in [1.29, 1.82) is 0 Å². The van der Waals surface area contributed by atoms with Crippen molar-refractivity contribution in [1.82, 2.24) is 36.6 Å². The molecule has 5 N–H and O–H groups in total. The molecule has 5 heterocycles. The van der Waals surface area contributed by atoms with Gasteiger partial charge in [0.05, 0.1) is 23.4 Å². The highest BCUT2D eigenvalue weighted by atomic mass is 35.5. The number of methoxy groups -OCH3 is 1. The van der Waals surface area contributed by atoms with Gasteiger partial charge < -0.3 is 20.3 Å². The molecular weight excluding hydrogens is 559 g/mol. The third-order valence-electron chi connectivity index (χ3n) is 9.05. The Kier molecular flexibility index (Phi) is 8.95. The fraction of sp³-hybridized carbons (Fsp3) is 0.917. The molecule has 5 aliphatic rings. The Bertz CT molecular complexity index is 909. The Morgan fingerprint density at radius 2 is 1.85 bits per heavy atom. The number of rotatable bonds is 5. The molecule has 2 amide bonds. The summed E-state index contributed by atoms with van der Waals surface area (Å²) in [7, 11) is 3.01. The van der Waals surface area contributed by atoms with Crippen LogP contribution in [0.5, 0.6) is 0 Å². The second kappa shape index (κ2) is 11.8. The molecule has 5 rings (SSSR count). The molecule has 10 nitrogen and oxygen atoms in total. The molecule has 0 spiro atoms. The first-order valence-corrected chi connectivity index (χ1v) is 15.0. The van der Waals surface area contributed by atoms with Crippen molar-refractivity contribution < 1.29 is 27.5 Å². The maximum absolute atomic E-state index is 13.6. The average molecular weight is 598 g/mol. The first-order valence-electron chi connectivity index (χ1n) is 13.6. The Hall–Kier alpha value is -0.870. The molecule has 0 saturated carbocycles. The van der Waals surface area contributed by atoms with E-state index in [1.54, 1.807) is 7.11 Å². The van der Waals surface area contributed by atoms with E-state index in [-0.39, 0.29) is 64.6 Å². The lowest BCUT2D eigenvalue weighted by atomic mass is 9.70. The number of thioether (sulfide) groups is 1. The van der Waals surface area contributed by atoms with Crippen LogP contribution in [0.3, 0.4) is 0 Å². The van der Waals surface area contributed by atoms with Gasteiger partial charge in [-0.15, -0.1) is 23.4 Å². The first-order chi connectivity index (χ1) is 18.5. The van der Waals surface area contributed by atoms with Crippen LogP contribution in [0, 0.1) is 23.7 Å². The quantitative estimate of drug-likeness (QED) is 0.223. The van der Waals surface area contributed by atoms with Crippen molar-refractivity contribution >= 4 is 35.2 Å². The minimum absolute atomic E-state index is 0.00437. The number of hydrogen-bond acceptors (Lipinski definition) is 9. The molecule has 39 heavy (non-hydrogen) atoms. The van der Waals surface area contributed by atoms with Gasteiger partial charge in [0.15, 0.2) is 0 Å². The number of hydrazine groups is 1. The number of alkyl halides is 4. The number of hydrogen-bond donors (Lipinski definition) is 5. The summed E-state index contributed by atoms with van der Waals surface area (Å²) >= 11 is 7.96. The highest BCUT2D eigenvalue weighted by molar-refractivity contribution is 8.00. The molecule has 11 unspecified atom stereocenters. The van der Waals surface area contributed by atoms with Crippen molar-refractivity contribution in [2.45, 2.75) is 66.4 Å². The maximum Gasteiger partial charge on any atom is 0.406 e. The monoisotopic (exact) mass is 597 g/mol. The second-order valence-electron chi connectivity index (χ2n) is 11.5. The van der Waals surface area contributed by atoms with E-state index in [0.717, 1.165) is 17.9 Å². The molecule has 11 atom stereocenters. The van der Waals surface area contributed by atoms with Crippen LogP contribution in [0.1, 0.15) is 19.8 Å². The number of ether oxygens (including phenoxy) is 1. The van der Waals surface area contributed by atoms with Crippen LogP contribution in [-0.2, 0) is 14.3 Å². The van der Waals surface area contributed by atoms with Crippen molar-refractivity contribution in [3.63, 3.8) is 0 Å². The van der Waals surface area contributed by atoms with Crippen molar-refractivity contribution in [2.75, 3.05) is 46.9 Å². The first kappa shape index (κ1) is 29.6. The minimum atomic E-state index is -4.50. The van der Waals surface area contributed by atoms with E-state index in [1.807, 2.05) is 0 Å². The van der Waals surface area contributed by atoms with E-state index in [4.69, 9.17) is 16.3 Å². The van der Waals surface area contributed by atoms with Crippen LogP contribution in [0.4, 0.5) is 13.2 Å². The summed E-state index contributed by atoms with van der Waals surface area (Å²) in [5.74, 6) is -1.65. The number of nitrogens with one attached hydrogen (secondary N) is 5. The van der Waals surface area contributed by atoms with Crippen LogP contribution < -0.4 is 26.7 Å². The molecule has 0 aromatic carbocycles. The molecule has 5 fully saturated rings. The fourth-order valence-corrected chi connectivity index (χ4v) is 8.78. The van der Waals surface area contributed by atoms with E-state index >= 15 is 0 Å². The zero-order valence-electron chi connectivity index (χ0n) is 22.3. The molecule has 5 saturated heterocycles. The highest BCUT2D eigenvalue weighted by Gasteiger charge is 2.55. The van der Waals surface area contributed by atoms with Gasteiger partial charge in [0, 0.05) is 64.2 Å². The van der Waals surface area contributed by atoms with Crippen molar-refractivity contribution in [2.24, 2.45) is 23.7 Å². The third-order valence-corrected chi connectivity index (χ3v) is 10.7. The van der Waals surface area contributed by atoms with Gasteiger partial charge in [-0.05, 0) is 31.6 Å². The van der Waals surface area contributed by atoms with Crippen LogP contribution in [-0.4, -0.2) is 115 Å². The van der Waals surface area contributed by atoms with Crippen molar-refractivity contribution in [3.05, 3.63) is 0 Å². The molecule has 15 heteroatoms. The number of carbonyl (C=O) groups is 2. The summed E-state index contributed by atoms with van der Waals surface area (Å²) in [5.41, 5.74) is 2.18. The standard InChI is InChI=1S/C24H39ClF3N7O3S/c1-11-4-12(13-5-19(25)30-8-17(13)38-3)14(6-29-11)21(36)33-23-32-16-9-35(10-18(16)39-23)22(37)15-7-31-34(2)20(15)24(26,27)28/h11-20,23,29-32H,4-10H2,1-3H3,(H,33,36). The summed E-state index contributed by atoms with van der Waals surface area (Å²) in [6, 6.07) is -1.65. The lowest BCUT2D eigenvalue weighted by Crippen LogP contribution is -2.57. The number of likely N-dealkylation sites (tertiary alicyclic amines) is 1. The number of carbonyl (C=O) groups excluding carboxylic acids is 2. The molecule has 0 aliphatic carbocycles. The molecule has 0 bridgehead atoms. The van der Waals surface area contributed by atoms with Gasteiger partial charge in [0.1, 0.15) is 11.5 Å². The van der Waals surface area contributed by atoms with Gasteiger partial charge in [-0.25, -0.2) is 5.01 Å². The maximum atomic E-state index is 13.6. The number of halogens is 4. The summed E-state index contributed by atoms with van der Waals surface area (Å²) in [6.07, 6.45) is -2.93. The van der Waals surface area contributed by atoms with Crippen LogP contribution >= 0.6 is 23.4 Å². The normalized spacial score (nSPS) is 43.5. The van der Waals surface area contributed by atoms with Crippen LogP contribution in [0.15, 0.2) is 0 Å². The third kappa shape index (κ3) is 6.18. The minimum Gasteiger partial charge on any atom is -0.380 e. The summed E-state index contributed by atoms with van der Waals surface area (Å²) in [5, 5.41) is 14.2. The smallest absolute Gasteiger partial charge is 0.380 e. The molecule has 0 aromatic rings. The van der Waals surface area contributed by atoms with Gasteiger partial charge in [-0.1, -0.05) is 0 Å². The Morgan fingerprint density at radius 3 is 2.54 bits per heavy atom. The zero-order valence-corrected chi connectivity index (χ0v) is 23.9. The van der Waals surface area contributed by atoms with E-state index < -0.39 is 24.0 Å². The summed E-state index contributed by atoms with van der Waals surface area (Å²) in [4.78, 5) is 28.1. The van der Waals surface area contributed by atoms with Gasteiger partial charge in [0.25, 0.3) is 0 Å². The van der Waals surface area contributed by atoms with E-state index in [9.17, 15) is 22.8 Å². The van der Waals surface area contributed by atoms with E-state index in [0.29, 0.717) is 26.2 Å². The van der Waals surface area contributed by atoms with Gasteiger partial charge in [0.2, 0.25) is 11.8 Å². The zero-order chi connectivity index (χ0) is 28.1. The molecule has 222 valence electrons. The molecule has 0 aromatic heterocycles. The van der Waals surface area contributed by atoms with Gasteiger partial charge in [-0.2, -0.15) is 13.2 Å². The fourth-order valence-electron chi connectivity index (χ4n) is 7.07. The van der Waals surface area contributed by atoms with Crippen LogP contribution in [0.25, 0.3) is 0 Å². The average Bonchev–Trinajstić information content (AvgIpc) is 3.56. The van der Waals surface area contributed by atoms with E-state index in [2.05, 4.69) is 33.6 Å². The number of nitrogens with zero attached hydrogens (tertiary/aromatic N) is 2. The van der Waals surface area contributed by atoms with Gasteiger partial charge >= 0.3 is 6.18 Å². The van der Waals surface area contributed by atoms with Gasteiger partial charge in [-0.3, -0.25) is 25.6 Å². The Morgan fingerprint density at radius 1 is 1.08 bits per heavy atom. The SMILES string of the molecule is COC1CNC(Cl)CC1C1CC(C)NCC1C(=O)NC1NC2CN(C(=O)C3CNN(C)C3C(F)(F)F)CC2S1. The van der Waals surface area contributed by atoms with Crippen molar-refractivity contribution in [3.8, 4) is 0 Å². The topological polar surface area (TPSA) is 110 Å². The van der Waals surface area contributed by atoms with E-state index in [1.165, 1.54) is 23.7 Å². The number of piperidine rings is 2. The number of amides is 2. The molecule has 0 radical (unpaired) electrons. The lowest BCUT2D eigenvalue weighted by Gasteiger charge is -2.45. The summed E-state index contributed by atoms with van der Waals surface area (Å²) in [6.45, 7) is 3.98. The number of fused-ring (bicyclic) bond motifs is 1. The molecular formula is C24H39ClF3N7O3S. The second-order valence-corrected chi connectivity index (χ2v) is 13.4. The van der Waals surface area contributed by atoms with Crippen LogP contribution in [0.2, 0.25) is 0 Å². The Labute approximate surface area is 236 Å². The largest absolute Gasteiger partial charge is 0.406 e. The lowest BCUT2D eigenvalue weighted by molar-refractivity contribution is -0.189. The predicted octanol–water partition coefficient (Wildman–Crippen LogP) is 0.103.